The van der Waals surface area contributed by atoms with Gasteiger partial charge in [0.2, 0.25) is 0 Å². The summed E-state index contributed by atoms with van der Waals surface area (Å²) < 4.78 is 4.40. The summed E-state index contributed by atoms with van der Waals surface area (Å²) in [7, 11) is 1.94. The minimum Gasteiger partial charge on any atom is -0.466 e. The van der Waals surface area contributed by atoms with Gasteiger partial charge in [-0.25, -0.2) is 0 Å². The van der Waals surface area contributed by atoms with Crippen LogP contribution < -0.4 is 10.6 Å². The lowest BCUT2D eigenvalue weighted by molar-refractivity contribution is -0.140. The van der Waals surface area contributed by atoms with Crippen molar-refractivity contribution < 1.29 is 14.3 Å². The molecule has 3 rings (SSSR count). The van der Waals surface area contributed by atoms with Gasteiger partial charge in [-0.3, -0.25) is 14.6 Å². The molecule has 0 bridgehead atoms. The highest BCUT2D eigenvalue weighted by Crippen LogP contribution is 2.42. The zero-order chi connectivity index (χ0) is 26.5. The number of fused-ring (bicyclic) bond motifs is 2. The first kappa shape index (κ1) is 29.4. The number of amides is 1. The molecule has 1 amide bonds. The maximum atomic E-state index is 12.9. The number of nitrogens with one attached hydrogen (secondary N) is 2. The first-order valence-corrected chi connectivity index (χ1v) is 13.8. The van der Waals surface area contributed by atoms with Crippen molar-refractivity contribution in [2.45, 2.75) is 89.0 Å². The third-order valence-electron chi connectivity index (χ3n) is 5.72. The standard InChI is InChI=1S/C25H33N3OS.C4H8O2/c1-5-8-18(9-6-2)27-25(29)17-11-13-24-22(15-17)28-21(10-7-3)20-16-19(26-4)12-14-23(20)30-24;1-3-6-4(2)5/h11-16,18,26H,5-10H2,1-4H3,(H,27,29);3H2,1-2H3. The number of aliphatic imine (C=N–C) groups is 1. The largest absolute Gasteiger partial charge is 0.466 e. The van der Waals surface area contributed by atoms with Gasteiger partial charge in [0.25, 0.3) is 5.91 Å². The summed E-state index contributed by atoms with van der Waals surface area (Å²) in [4.78, 5) is 30.1. The second-order valence-electron chi connectivity index (χ2n) is 8.73. The average Bonchev–Trinajstić information content (AvgIpc) is 3.00. The molecule has 0 fully saturated rings. The van der Waals surface area contributed by atoms with E-state index in [4.69, 9.17) is 4.99 Å². The second-order valence-corrected chi connectivity index (χ2v) is 9.81. The Bertz CT molecular complexity index is 1050. The fourth-order valence-corrected chi connectivity index (χ4v) is 5.05. The Hall–Kier alpha value is -2.80. The summed E-state index contributed by atoms with van der Waals surface area (Å²) in [5.74, 6) is -0.210. The number of hydrogen-bond donors (Lipinski definition) is 2. The molecule has 2 aromatic carbocycles. The molecule has 7 heteroatoms. The molecule has 6 nitrogen and oxygen atoms in total. The predicted molar refractivity (Wildman–Crippen MR) is 151 cm³/mol. The number of hydrogen-bond acceptors (Lipinski definition) is 6. The van der Waals surface area contributed by atoms with Gasteiger partial charge in [0.15, 0.2) is 0 Å². The molecule has 1 aliphatic heterocycles. The smallest absolute Gasteiger partial charge is 0.302 e. The van der Waals surface area contributed by atoms with Crippen molar-refractivity contribution in [3.05, 3.63) is 47.5 Å². The first-order chi connectivity index (χ1) is 17.4. The van der Waals surface area contributed by atoms with E-state index in [1.54, 1.807) is 18.7 Å². The zero-order valence-electron chi connectivity index (χ0n) is 22.6. The topological polar surface area (TPSA) is 79.8 Å². The molecular formula is C29H41N3O3S. The number of esters is 1. The lowest BCUT2D eigenvalue weighted by Crippen LogP contribution is -2.34. The molecule has 196 valence electrons. The van der Waals surface area contributed by atoms with Crippen LogP contribution in [0.15, 0.2) is 51.2 Å². The van der Waals surface area contributed by atoms with Crippen LogP contribution in [-0.4, -0.2) is 37.3 Å². The SMILES string of the molecule is CCCC1=Nc2cc(C(=O)NC(CCC)CCC)ccc2Sc2ccc(NC)cc21.CCOC(C)=O. The maximum absolute atomic E-state index is 12.9. The van der Waals surface area contributed by atoms with Crippen LogP contribution in [0.5, 0.6) is 0 Å². The second kappa shape index (κ2) is 15.3. The van der Waals surface area contributed by atoms with E-state index < -0.39 is 0 Å². The minimum atomic E-state index is -0.211. The number of benzene rings is 2. The average molecular weight is 512 g/mol. The van der Waals surface area contributed by atoms with Crippen molar-refractivity contribution in [3.8, 4) is 0 Å². The summed E-state index contributed by atoms with van der Waals surface area (Å²) in [6, 6.07) is 12.6. The molecule has 0 saturated heterocycles. The number of carbonyl (C=O) groups is 2. The molecule has 0 atom stereocenters. The molecule has 0 spiro atoms. The molecule has 0 saturated carbocycles. The Balaban J connectivity index is 0.000000678. The predicted octanol–water partition coefficient (Wildman–Crippen LogP) is 7.38. The number of rotatable bonds is 10. The normalized spacial score (nSPS) is 11.8. The van der Waals surface area contributed by atoms with E-state index in [9.17, 15) is 9.59 Å². The van der Waals surface area contributed by atoms with Crippen molar-refractivity contribution >= 4 is 40.7 Å². The van der Waals surface area contributed by atoms with Gasteiger partial charge in [0, 0.05) is 52.3 Å². The molecule has 1 heterocycles. The molecule has 1 aliphatic rings. The zero-order valence-corrected chi connectivity index (χ0v) is 23.4. The minimum absolute atomic E-state index is 0.00109. The van der Waals surface area contributed by atoms with E-state index in [0.717, 1.165) is 60.5 Å². The summed E-state index contributed by atoms with van der Waals surface area (Å²) in [5.41, 5.74) is 4.93. The number of ether oxygens (including phenoxy) is 1. The van der Waals surface area contributed by atoms with Crippen molar-refractivity contribution in [3.63, 3.8) is 0 Å². The van der Waals surface area contributed by atoms with Gasteiger partial charge in [0.05, 0.1) is 12.3 Å². The fourth-order valence-electron chi connectivity index (χ4n) is 4.04. The quantitative estimate of drug-likeness (QED) is 0.325. The van der Waals surface area contributed by atoms with Gasteiger partial charge in [-0.15, -0.1) is 0 Å². The number of nitrogens with zero attached hydrogens (tertiary/aromatic N) is 1. The van der Waals surface area contributed by atoms with Crippen LogP contribution in [0.3, 0.4) is 0 Å². The highest BCUT2D eigenvalue weighted by Gasteiger charge is 2.20. The van der Waals surface area contributed by atoms with Gasteiger partial charge in [-0.05, 0) is 62.6 Å². The van der Waals surface area contributed by atoms with Crippen LogP contribution in [0.2, 0.25) is 0 Å². The molecule has 0 radical (unpaired) electrons. The summed E-state index contributed by atoms with van der Waals surface area (Å²) in [5, 5.41) is 6.45. The van der Waals surface area contributed by atoms with Gasteiger partial charge in [-0.2, -0.15) is 0 Å². The Morgan fingerprint density at radius 2 is 1.67 bits per heavy atom. The maximum Gasteiger partial charge on any atom is 0.302 e. The Morgan fingerprint density at radius 3 is 2.22 bits per heavy atom. The molecular weight excluding hydrogens is 470 g/mol. The van der Waals surface area contributed by atoms with Gasteiger partial charge >= 0.3 is 5.97 Å². The third-order valence-corrected chi connectivity index (χ3v) is 6.86. The summed E-state index contributed by atoms with van der Waals surface area (Å²) in [6.07, 6.45) is 6.11. The van der Waals surface area contributed by atoms with Crippen LogP contribution >= 0.6 is 11.8 Å². The molecule has 2 N–H and O–H groups in total. The van der Waals surface area contributed by atoms with Crippen LogP contribution in [0.25, 0.3) is 0 Å². The monoisotopic (exact) mass is 511 g/mol. The van der Waals surface area contributed by atoms with Crippen molar-refractivity contribution in [2.24, 2.45) is 4.99 Å². The molecule has 2 aromatic rings. The van der Waals surface area contributed by atoms with E-state index in [0.29, 0.717) is 12.2 Å². The highest BCUT2D eigenvalue weighted by molar-refractivity contribution is 7.99. The number of anilines is 1. The summed E-state index contributed by atoms with van der Waals surface area (Å²) in [6.45, 7) is 10.2. The van der Waals surface area contributed by atoms with Gasteiger partial charge in [0.1, 0.15) is 0 Å². The van der Waals surface area contributed by atoms with Crippen molar-refractivity contribution in [1.29, 1.82) is 0 Å². The fraction of sp³-hybridized carbons (Fsp3) is 0.483. The lowest BCUT2D eigenvalue weighted by atomic mass is 10.0. The van der Waals surface area contributed by atoms with E-state index >= 15 is 0 Å². The molecule has 0 aromatic heterocycles. The molecule has 36 heavy (non-hydrogen) atoms. The first-order valence-electron chi connectivity index (χ1n) is 13.0. The van der Waals surface area contributed by atoms with Crippen molar-refractivity contribution in [1.82, 2.24) is 5.32 Å². The van der Waals surface area contributed by atoms with E-state index in [1.165, 1.54) is 17.4 Å². The number of carbonyl (C=O) groups excluding carboxylic acids is 2. The Morgan fingerprint density at radius 1 is 0.972 bits per heavy atom. The van der Waals surface area contributed by atoms with Gasteiger partial charge in [-0.1, -0.05) is 51.8 Å². The lowest BCUT2D eigenvalue weighted by Gasteiger charge is -2.17. The Kier molecular flexibility index (Phi) is 12.5. The highest BCUT2D eigenvalue weighted by atomic mass is 32.2. The van der Waals surface area contributed by atoms with Crippen LogP contribution in [0, 0.1) is 0 Å². The molecule has 0 unspecified atom stereocenters. The van der Waals surface area contributed by atoms with Crippen molar-refractivity contribution in [2.75, 3.05) is 19.0 Å². The molecule has 0 aliphatic carbocycles. The van der Waals surface area contributed by atoms with Crippen LogP contribution in [-0.2, 0) is 9.53 Å². The summed E-state index contributed by atoms with van der Waals surface area (Å²) >= 11 is 1.73. The third kappa shape index (κ3) is 8.70. The van der Waals surface area contributed by atoms with E-state index in [1.807, 2.05) is 25.2 Å². The van der Waals surface area contributed by atoms with Crippen LogP contribution in [0.1, 0.15) is 89.1 Å². The van der Waals surface area contributed by atoms with Gasteiger partial charge < -0.3 is 15.4 Å². The van der Waals surface area contributed by atoms with E-state index in [2.05, 4.69) is 54.3 Å². The van der Waals surface area contributed by atoms with E-state index in [-0.39, 0.29) is 17.9 Å². The van der Waals surface area contributed by atoms with Crippen LogP contribution in [0.4, 0.5) is 11.4 Å². The Labute approximate surface area is 220 Å².